The van der Waals surface area contributed by atoms with Crippen LogP contribution in [0.25, 0.3) is 0 Å². The number of para-hydroxylation sites is 1. The Morgan fingerprint density at radius 3 is 3.00 bits per heavy atom. The average molecular weight is 249 g/mol. The van der Waals surface area contributed by atoms with Gasteiger partial charge in [-0.05, 0) is 30.9 Å². The molecule has 0 aliphatic heterocycles. The number of carbonyl (C=O) groups excluding carboxylic acids is 1. The number of carbonyl (C=O) groups is 1. The van der Waals surface area contributed by atoms with Gasteiger partial charge in [-0.3, -0.25) is 9.52 Å². The molecule has 2 atom stereocenters. The monoisotopic (exact) mass is 249 g/mol. The SMILES string of the molecule is C=C[C@@H]1C[C@@H]1C(=O)NSOc1ccccc1C. The van der Waals surface area contributed by atoms with Crippen LogP contribution in [-0.2, 0) is 4.79 Å². The molecule has 2 rings (SSSR count). The fourth-order valence-electron chi connectivity index (χ4n) is 1.61. The lowest BCUT2D eigenvalue weighted by molar-refractivity contribution is -0.120. The minimum Gasteiger partial charge on any atom is -0.405 e. The van der Waals surface area contributed by atoms with E-state index in [2.05, 4.69) is 11.3 Å². The van der Waals surface area contributed by atoms with E-state index < -0.39 is 0 Å². The van der Waals surface area contributed by atoms with Crippen LogP contribution in [-0.4, -0.2) is 5.91 Å². The molecule has 0 spiro atoms. The highest BCUT2D eigenvalue weighted by molar-refractivity contribution is 7.93. The molecule has 0 aromatic heterocycles. The van der Waals surface area contributed by atoms with E-state index in [0.29, 0.717) is 5.92 Å². The van der Waals surface area contributed by atoms with Gasteiger partial charge in [0, 0.05) is 5.92 Å². The first-order chi connectivity index (χ1) is 8.22. The Hall–Kier alpha value is -1.42. The van der Waals surface area contributed by atoms with E-state index in [1.807, 2.05) is 37.3 Å². The Bertz CT molecular complexity index is 433. The highest BCUT2D eigenvalue weighted by atomic mass is 32.2. The number of hydrogen-bond donors (Lipinski definition) is 1. The van der Waals surface area contributed by atoms with Crippen LogP contribution in [0.5, 0.6) is 5.75 Å². The van der Waals surface area contributed by atoms with E-state index in [-0.39, 0.29) is 11.8 Å². The lowest BCUT2D eigenvalue weighted by Crippen LogP contribution is -2.19. The van der Waals surface area contributed by atoms with Crippen molar-refractivity contribution >= 4 is 18.1 Å². The summed E-state index contributed by atoms with van der Waals surface area (Å²) in [6.45, 7) is 5.64. The van der Waals surface area contributed by atoms with E-state index in [0.717, 1.165) is 30.0 Å². The minimum atomic E-state index is 0.0217. The maximum absolute atomic E-state index is 11.6. The van der Waals surface area contributed by atoms with Crippen molar-refractivity contribution in [1.29, 1.82) is 0 Å². The first-order valence-electron chi connectivity index (χ1n) is 5.54. The third-order valence-corrected chi connectivity index (χ3v) is 3.39. The first kappa shape index (κ1) is 12.0. The number of hydrogen-bond acceptors (Lipinski definition) is 3. The smallest absolute Gasteiger partial charge is 0.236 e. The van der Waals surface area contributed by atoms with Gasteiger partial charge in [0.15, 0.2) is 12.2 Å². The first-order valence-corrected chi connectivity index (χ1v) is 6.28. The topological polar surface area (TPSA) is 38.3 Å². The molecule has 1 aromatic carbocycles. The summed E-state index contributed by atoms with van der Waals surface area (Å²) in [4.78, 5) is 11.6. The van der Waals surface area contributed by atoms with Gasteiger partial charge in [-0.15, -0.1) is 6.58 Å². The quantitative estimate of drug-likeness (QED) is 0.495. The van der Waals surface area contributed by atoms with Crippen molar-refractivity contribution in [3.8, 4) is 5.75 Å². The molecule has 3 nitrogen and oxygen atoms in total. The second kappa shape index (κ2) is 5.27. The normalized spacial score (nSPS) is 21.7. The summed E-state index contributed by atoms with van der Waals surface area (Å²) < 4.78 is 8.11. The zero-order chi connectivity index (χ0) is 12.3. The number of benzene rings is 1. The molecule has 1 fully saturated rings. The van der Waals surface area contributed by atoms with Crippen LogP contribution < -0.4 is 8.91 Å². The molecule has 1 aliphatic carbocycles. The Morgan fingerprint density at radius 1 is 1.59 bits per heavy atom. The summed E-state index contributed by atoms with van der Waals surface area (Å²) in [6.07, 6.45) is 2.73. The maximum atomic E-state index is 11.6. The van der Waals surface area contributed by atoms with Crippen molar-refractivity contribution < 1.29 is 8.98 Å². The number of allylic oxidation sites excluding steroid dienone is 1. The van der Waals surface area contributed by atoms with E-state index in [4.69, 9.17) is 4.18 Å². The fraction of sp³-hybridized carbons (Fsp3) is 0.308. The molecule has 90 valence electrons. The summed E-state index contributed by atoms with van der Waals surface area (Å²) in [7, 11) is 0. The van der Waals surface area contributed by atoms with E-state index in [1.54, 1.807) is 0 Å². The van der Waals surface area contributed by atoms with Gasteiger partial charge in [-0.2, -0.15) is 0 Å². The third-order valence-electron chi connectivity index (χ3n) is 2.85. The standard InChI is InChI=1S/C13H15NO2S/c1-3-10-8-11(10)13(15)14-17-16-12-7-5-4-6-9(12)2/h3-7,10-11H,1,8H2,2H3,(H,14,15)/t10-,11+/m1/s1. The second-order valence-electron chi connectivity index (χ2n) is 4.14. The van der Waals surface area contributed by atoms with E-state index >= 15 is 0 Å². The van der Waals surface area contributed by atoms with Crippen molar-refractivity contribution in [1.82, 2.24) is 4.72 Å². The highest BCUT2D eigenvalue weighted by Gasteiger charge is 2.40. The van der Waals surface area contributed by atoms with Crippen molar-refractivity contribution in [2.24, 2.45) is 11.8 Å². The second-order valence-corrected chi connectivity index (χ2v) is 4.68. The molecular weight excluding hydrogens is 234 g/mol. The molecule has 1 saturated carbocycles. The summed E-state index contributed by atoms with van der Waals surface area (Å²) in [6, 6.07) is 7.69. The lowest BCUT2D eigenvalue weighted by Gasteiger charge is -2.06. The third kappa shape index (κ3) is 3.03. The number of amides is 1. The van der Waals surface area contributed by atoms with Crippen LogP contribution in [0.15, 0.2) is 36.9 Å². The van der Waals surface area contributed by atoms with Gasteiger partial charge >= 0.3 is 0 Å². The van der Waals surface area contributed by atoms with Crippen LogP contribution in [0.4, 0.5) is 0 Å². The van der Waals surface area contributed by atoms with Crippen molar-refractivity contribution in [3.05, 3.63) is 42.5 Å². The summed E-state index contributed by atoms with van der Waals surface area (Å²) in [5.74, 6) is 1.22. The number of aryl methyl sites for hydroxylation is 1. The molecule has 0 heterocycles. The van der Waals surface area contributed by atoms with Gasteiger partial charge in [-0.25, -0.2) is 0 Å². The van der Waals surface area contributed by atoms with Gasteiger partial charge in [0.05, 0.1) is 0 Å². The van der Waals surface area contributed by atoms with Crippen LogP contribution in [0.2, 0.25) is 0 Å². The van der Waals surface area contributed by atoms with Gasteiger partial charge < -0.3 is 4.18 Å². The van der Waals surface area contributed by atoms with Crippen LogP contribution >= 0.6 is 12.2 Å². The van der Waals surface area contributed by atoms with Crippen molar-refractivity contribution in [2.45, 2.75) is 13.3 Å². The summed E-state index contributed by atoms with van der Waals surface area (Å²) >= 11 is 0.976. The molecule has 0 radical (unpaired) electrons. The molecule has 1 amide bonds. The Morgan fingerprint density at radius 2 is 2.35 bits per heavy atom. The average Bonchev–Trinajstić information content (AvgIpc) is 3.11. The zero-order valence-corrected chi connectivity index (χ0v) is 10.5. The predicted molar refractivity (Wildman–Crippen MR) is 69.3 cm³/mol. The summed E-state index contributed by atoms with van der Waals surface area (Å²) in [5, 5.41) is 0. The van der Waals surface area contributed by atoms with Crippen molar-refractivity contribution in [2.75, 3.05) is 0 Å². The molecule has 0 saturated heterocycles. The Labute approximate surface area is 106 Å². The Balaban J connectivity index is 1.75. The maximum Gasteiger partial charge on any atom is 0.236 e. The molecular formula is C13H15NO2S. The van der Waals surface area contributed by atoms with Crippen LogP contribution in [0, 0.1) is 18.8 Å². The van der Waals surface area contributed by atoms with Gasteiger partial charge in [-0.1, -0.05) is 24.3 Å². The number of nitrogens with one attached hydrogen (secondary N) is 1. The van der Waals surface area contributed by atoms with Crippen LogP contribution in [0.3, 0.4) is 0 Å². The summed E-state index contributed by atoms with van der Waals surface area (Å²) in [5.41, 5.74) is 1.05. The number of rotatable bonds is 5. The highest BCUT2D eigenvalue weighted by Crippen LogP contribution is 2.39. The molecule has 0 bridgehead atoms. The zero-order valence-electron chi connectivity index (χ0n) is 9.68. The van der Waals surface area contributed by atoms with E-state index in [9.17, 15) is 4.79 Å². The molecule has 0 unspecified atom stereocenters. The minimum absolute atomic E-state index is 0.0217. The molecule has 4 heteroatoms. The molecule has 1 aromatic rings. The Kier molecular flexibility index (Phi) is 3.74. The van der Waals surface area contributed by atoms with E-state index in [1.165, 1.54) is 0 Å². The van der Waals surface area contributed by atoms with Crippen LogP contribution in [0.1, 0.15) is 12.0 Å². The molecule has 1 N–H and O–H groups in total. The van der Waals surface area contributed by atoms with Crippen molar-refractivity contribution in [3.63, 3.8) is 0 Å². The van der Waals surface area contributed by atoms with Gasteiger partial charge in [0.1, 0.15) is 5.75 Å². The molecule has 1 aliphatic rings. The lowest BCUT2D eigenvalue weighted by atomic mass is 10.2. The van der Waals surface area contributed by atoms with Gasteiger partial charge in [0.2, 0.25) is 5.91 Å². The van der Waals surface area contributed by atoms with Gasteiger partial charge in [0.25, 0.3) is 0 Å². The molecule has 17 heavy (non-hydrogen) atoms. The fourth-order valence-corrected chi connectivity index (χ4v) is 2.16. The predicted octanol–water partition coefficient (Wildman–Crippen LogP) is 2.88. The largest absolute Gasteiger partial charge is 0.405 e.